The van der Waals surface area contributed by atoms with Crippen molar-refractivity contribution in [3.05, 3.63) is 0 Å². The number of piperidine rings is 2. The van der Waals surface area contributed by atoms with Crippen LogP contribution in [-0.2, 0) is 0 Å². The topological polar surface area (TPSA) is 15.3 Å². The molecule has 0 aromatic rings. The third-order valence-electron chi connectivity index (χ3n) is 3.76. The van der Waals surface area contributed by atoms with E-state index < -0.39 is 0 Å². The van der Waals surface area contributed by atoms with Crippen molar-refractivity contribution < 1.29 is 0 Å². The molecule has 0 spiro atoms. The molecule has 2 heterocycles. The molecule has 2 aliphatic rings. The molecule has 1 unspecified atom stereocenters. The van der Waals surface area contributed by atoms with Gasteiger partial charge in [0.25, 0.3) is 0 Å². The van der Waals surface area contributed by atoms with Crippen LogP contribution in [0, 0.1) is 11.8 Å². The van der Waals surface area contributed by atoms with Gasteiger partial charge in [-0.2, -0.15) is 0 Å². The lowest BCUT2D eigenvalue weighted by atomic mass is 9.80. The van der Waals surface area contributed by atoms with E-state index >= 15 is 0 Å². The van der Waals surface area contributed by atoms with E-state index in [9.17, 15) is 0 Å². The Morgan fingerprint density at radius 1 is 1.08 bits per heavy atom. The average molecular weight is 182 g/mol. The van der Waals surface area contributed by atoms with Gasteiger partial charge in [-0.3, -0.25) is 0 Å². The Kier molecular flexibility index (Phi) is 3.23. The van der Waals surface area contributed by atoms with Gasteiger partial charge in [-0.25, -0.2) is 0 Å². The number of hydrogen-bond acceptors (Lipinski definition) is 2. The Morgan fingerprint density at radius 3 is 2.46 bits per heavy atom. The van der Waals surface area contributed by atoms with Gasteiger partial charge in [0.15, 0.2) is 0 Å². The lowest BCUT2D eigenvalue weighted by Gasteiger charge is -2.36. The van der Waals surface area contributed by atoms with Crippen molar-refractivity contribution in [2.45, 2.75) is 25.7 Å². The van der Waals surface area contributed by atoms with E-state index in [4.69, 9.17) is 0 Å². The first-order valence-corrected chi connectivity index (χ1v) is 5.75. The highest BCUT2D eigenvalue weighted by molar-refractivity contribution is 4.80. The molecule has 2 heteroatoms. The van der Waals surface area contributed by atoms with Gasteiger partial charge >= 0.3 is 0 Å². The summed E-state index contributed by atoms with van der Waals surface area (Å²) < 4.78 is 0. The van der Waals surface area contributed by atoms with Crippen molar-refractivity contribution in [3.8, 4) is 0 Å². The Bertz CT molecular complexity index is 144. The second-order valence-electron chi connectivity index (χ2n) is 4.75. The van der Waals surface area contributed by atoms with Gasteiger partial charge in [0, 0.05) is 0 Å². The first-order valence-electron chi connectivity index (χ1n) is 5.75. The molecule has 2 rings (SSSR count). The normalized spacial score (nSPS) is 33.5. The quantitative estimate of drug-likeness (QED) is 0.658. The standard InChI is InChI=1S/C11H22N2/c1-13-7-4-10(5-8-13)11-3-2-6-12-9-11/h10-12H,2-9H2,1H3. The zero-order valence-corrected chi connectivity index (χ0v) is 8.76. The van der Waals surface area contributed by atoms with Gasteiger partial charge in [0.2, 0.25) is 0 Å². The lowest BCUT2D eigenvalue weighted by molar-refractivity contribution is 0.152. The van der Waals surface area contributed by atoms with Gasteiger partial charge in [-0.05, 0) is 70.7 Å². The number of rotatable bonds is 1. The van der Waals surface area contributed by atoms with Crippen LogP contribution in [0.2, 0.25) is 0 Å². The summed E-state index contributed by atoms with van der Waals surface area (Å²) >= 11 is 0. The van der Waals surface area contributed by atoms with Gasteiger partial charge in [-0.15, -0.1) is 0 Å². The Balaban J connectivity index is 1.79. The summed E-state index contributed by atoms with van der Waals surface area (Å²) in [6.07, 6.45) is 5.74. The molecule has 0 saturated carbocycles. The molecule has 2 nitrogen and oxygen atoms in total. The fourth-order valence-electron chi connectivity index (χ4n) is 2.78. The van der Waals surface area contributed by atoms with Crippen LogP contribution in [0.4, 0.5) is 0 Å². The second-order valence-corrected chi connectivity index (χ2v) is 4.75. The zero-order chi connectivity index (χ0) is 9.10. The molecule has 0 aliphatic carbocycles. The molecule has 2 fully saturated rings. The third-order valence-corrected chi connectivity index (χ3v) is 3.76. The summed E-state index contributed by atoms with van der Waals surface area (Å²) in [7, 11) is 2.25. The molecule has 0 bridgehead atoms. The van der Waals surface area contributed by atoms with Gasteiger partial charge in [0.1, 0.15) is 0 Å². The molecule has 2 saturated heterocycles. The van der Waals surface area contributed by atoms with E-state index in [1.165, 1.54) is 51.9 Å². The Labute approximate surface area is 81.7 Å². The van der Waals surface area contributed by atoms with E-state index in [1.54, 1.807) is 0 Å². The molecule has 0 radical (unpaired) electrons. The maximum absolute atomic E-state index is 3.53. The van der Waals surface area contributed by atoms with Gasteiger partial charge in [-0.1, -0.05) is 0 Å². The van der Waals surface area contributed by atoms with Crippen molar-refractivity contribution in [1.82, 2.24) is 10.2 Å². The minimum absolute atomic E-state index is 0.988. The summed E-state index contributed by atoms with van der Waals surface area (Å²) in [6, 6.07) is 0. The molecule has 0 amide bonds. The summed E-state index contributed by atoms with van der Waals surface area (Å²) in [5, 5.41) is 3.53. The third kappa shape index (κ3) is 2.44. The summed E-state index contributed by atoms with van der Waals surface area (Å²) in [5.74, 6) is 2.01. The molecule has 13 heavy (non-hydrogen) atoms. The molecule has 1 atom stereocenters. The fraction of sp³-hybridized carbons (Fsp3) is 1.00. The molecule has 76 valence electrons. The van der Waals surface area contributed by atoms with E-state index in [0.29, 0.717) is 0 Å². The van der Waals surface area contributed by atoms with E-state index in [-0.39, 0.29) is 0 Å². The fourth-order valence-corrected chi connectivity index (χ4v) is 2.78. The van der Waals surface area contributed by atoms with Crippen molar-refractivity contribution >= 4 is 0 Å². The summed E-state index contributed by atoms with van der Waals surface area (Å²) in [6.45, 7) is 5.18. The zero-order valence-electron chi connectivity index (χ0n) is 8.76. The van der Waals surface area contributed by atoms with E-state index in [0.717, 1.165) is 11.8 Å². The largest absolute Gasteiger partial charge is 0.316 e. The number of hydrogen-bond donors (Lipinski definition) is 1. The highest BCUT2D eigenvalue weighted by Crippen LogP contribution is 2.28. The van der Waals surface area contributed by atoms with Crippen LogP contribution in [0.25, 0.3) is 0 Å². The van der Waals surface area contributed by atoms with Crippen LogP contribution < -0.4 is 5.32 Å². The minimum Gasteiger partial charge on any atom is -0.316 e. The van der Waals surface area contributed by atoms with Gasteiger partial charge < -0.3 is 10.2 Å². The maximum Gasteiger partial charge on any atom is -0.00178 e. The van der Waals surface area contributed by atoms with Crippen LogP contribution in [0.3, 0.4) is 0 Å². The molecular formula is C11H22N2. The first-order chi connectivity index (χ1) is 6.36. The SMILES string of the molecule is CN1CCC(C2CCCNC2)CC1. The van der Waals surface area contributed by atoms with E-state index in [2.05, 4.69) is 17.3 Å². The molecule has 2 aliphatic heterocycles. The number of likely N-dealkylation sites (tertiary alicyclic amines) is 1. The Hall–Kier alpha value is -0.0800. The second kappa shape index (κ2) is 4.43. The first kappa shape index (κ1) is 9.47. The van der Waals surface area contributed by atoms with Crippen LogP contribution in [0.15, 0.2) is 0 Å². The number of nitrogens with one attached hydrogen (secondary N) is 1. The van der Waals surface area contributed by atoms with Crippen LogP contribution >= 0.6 is 0 Å². The average Bonchev–Trinajstić information content (AvgIpc) is 2.20. The van der Waals surface area contributed by atoms with Crippen LogP contribution in [0.5, 0.6) is 0 Å². The molecule has 0 aromatic heterocycles. The summed E-state index contributed by atoms with van der Waals surface area (Å²) in [4.78, 5) is 2.47. The smallest absolute Gasteiger partial charge is 0.00178 e. The van der Waals surface area contributed by atoms with Crippen molar-refractivity contribution in [2.75, 3.05) is 33.2 Å². The maximum atomic E-state index is 3.53. The van der Waals surface area contributed by atoms with E-state index in [1.807, 2.05) is 0 Å². The van der Waals surface area contributed by atoms with Crippen molar-refractivity contribution in [3.63, 3.8) is 0 Å². The predicted octanol–water partition coefficient (Wildman–Crippen LogP) is 1.33. The highest BCUT2D eigenvalue weighted by Gasteiger charge is 2.26. The number of nitrogens with zero attached hydrogens (tertiary/aromatic N) is 1. The Morgan fingerprint density at radius 2 is 1.85 bits per heavy atom. The van der Waals surface area contributed by atoms with Crippen LogP contribution in [-0.4, -0.2) is 38.1 Å². The van der Waals surface area contributed by atoms with Crippen LogP contribution in [0.1, 0.15) is 25.7 Å². The monoisotopic (exact) mass is 182 g/mol. The van der Waals surface area contributed by atoms with Crippen molar-refractivity contribution in [2.24, 2.45) is 11.8 Å². The lowest BCUT2D eigenvalue weighted by Crippen LogP contribution is -2.39. The predicted molar refractivity (Wildman–Crippen MR) is 55.8 cm³/mol. The minimum atomic E-state index is 0.988. The van der Waals surface area contributed by atoms with Gasteiger partial charge in [0.05, 0.1) is 0 Å². The summed E-state index contributed by atoms with van der Waals surface area (Å²) in [5.41, 5.74) is 0. The molecule has 1 N–H and O–H groups in total. The highest BCUT2D eigenvalue weighted by atomic mass is 15.1. The van der Waals surface area contributed by atoms with Crippen molar-refractivity contribution in [1.29, 1.82) is 0 Å². The molecule has 0 aromatic carbocycles. The molecular weight excluding hydrogens is 160 g/mol.